The van der Waals surface area contributed by atoms with Crippen LogP contribution >= 0.6 is 0 Å². The summed E-state index contributed by atoms with van der Waals surface area (Å²) < 4.78 is 10.7. The summed E-state index contributed by atoms with van der Waals surface area (Å²) in [4.78, 5) is 4.03. The molecule has 0 N–H and O–H groups in total. The van der Waals surface area contributed by atoms with Gasteiger partial charge < -0.3 is 9.47 Å². The molecule has 4 heteroatoms. The van der Waals surface area contributed by atoms with E-state index in [0.29, 0.717) is 12.7 Å². The highest BCUT2D eigenvalue weighted by Gasteiger charge is 2.11. The van der Waals surface area contributed by atoms with Gasteiger partial charge in [0.2, 0.25) is 5.88 Å². The van der Waals surface area contributed by atoms with E-state index in [1.807, 2.05) is 18.2 Å². The highest BCUT2D eigenvalue weighted by Crippen LogP contribution is 2.08. The molecule has 1 aromatic heterocycles. The first kappa shape index (κ1) is 12.2. The Labute approximate surface area is 92.4 Å². The normalized spacial score (nSPS) is 11.4. The highest BCUT2D eigenvalue weighted by molar-refractivity contribution is 6.76. The van der Waals surface area contributed by atoms with Crippen molar-refractivity contribution in [3.05, 3.63) is 24.4 Å². The van der Waals surface area contributed by atoms with Crippen molar-refractivity contribution in [3.63, 3.8) is 0 Å². The number of rotatable bonds is 6. The van der Waals surface area contributed by atoms with Gasteiger partial charge in [-0.15, -0.1) is 0 Å². The lowest BCUT2D eigenvalue weighted by atomic mass is 10.5. The maximum atomic E-state index is 5.39. The predicted molar refractivity (Wildman–Crippen MR) is 63.8 cm³/mol. The van der Waals surface area contributed by atoms with Crippen LogP contribution < -0.4 is 4.74 Å². The molecule has 84 valence electrons. The summed E-state index contributed by atoms with van der Waals surface area (Å²) in [7, 11) is -0.983. The number of pyridine rings is 1. The van der Waals surface area contributed by atoms with E-state index in [-0.39, 0.29) is 0 Å². The molecular formula is C11H19NO2Si. The Morgan fingerprint density at radius 2 is 2.07 bits per heavy atom. The van der Waals surface area contributed by atoms with Gasteiger partial charge in [-0.1, -0.05) is 25.7 Å². The summed E-state index contributed by atoms with van der Waals surface area (Å²) in [6.45, 7) is 8.06. The van der Waals surface area contributed by atoms with E-state index >= 15 is 0 Å². The van der Waals surface area contributed by atoms with Gasteiger partial charge in [0.25, 0.3) is 0 Å². The van der Waals surface area contributed by atoms with E-state index in [9.17, 15) is 0 Å². The lowest BCUT2D eigenvalue weighted by Gasteiger charge is -2.15. The minimum Gasteiger partial charge on any atom is -0.451 e. The van der Waals surface area contributed by atoms with Crippen molar-refractivity contribution in [2.45, 2.75) is 25.7 Å². The Kier molecular flexibility index (Phi) is 4.78. The molecule has 0 fully saturated rings. The van der Waals surface area contributed by atoms with Gasteiger partial charge in [-0.3, -0.25) is 0 Å². The second-order valence-electron chi connectivity index (χ2n) is 4.65. The third-order valence-electron chi connectivity index (χ3n) is 1.92. The highest BCUT2D eigenvalue weighted by atomic mass is 28.3. The van der Waals surface area contributed by atoms with Crippen LogP contribution in [-0.2, 0) is 4.74 Å². The van der Waals surface area contributed by atoms with Gasteiger partial charge in [0.05, 0.1) is 0 Å². The van der Waals surface area contributed by atoms with Crippen molar-refractivity contribution >= 4 is 8.07 Å². The average Bonchev–Trinajstić information content (AvgIpc) is 2.17. The van der Waals surface area contributed by atoms with Gasteiger partial charge in [-0.05, 0) is 12.1 Å². The van der Waals surface area contributed by atoms with Gasteiger partial charge >= 0.3 is 0 Å². The monoisotopic (exact) mass is 225 g/mol. The molecule has 0 radical (unpaired) electrons. The molecule has 0 bridgehead atoms. The number of nitrogens with zero attached hydrogens (tertiary/aromatic N) is 1. The largest absolute Gasteiger partial charge is 0.451 e. The second-order valence-corrected chi connectivity index (χ2v) is 10.3. The van der Waals surface area contributed by atoms with Crippen LogP contribution in [0.2, 0.25) is 25.7 Å². The molecule has 0 aliphatic rings. The number of aromatic nitrogens is 1. The van der Waals surface area contributed by atoms with Gasteiger partial charge in [-0.25, -0.2) is 4.98 Å². The average molecular weight is 225 g/mol. The first-order valence-electron chi connectivity index (χ1n) is 5.19. The second kappa shape index (κ2) is 5.88. The lowest BCUT2D eigenvalue weighted by molar-refractivity contribution is 0.0193. The molecule has 0 amide bonds. The summed E-state index contributed by atoms with van der Waals surface area (Å²) in [6.07, 6.45) is 1.71. The van der Waals surface area contributed by atoms with Crippen LogP contribution in [0.4, 0.5) is 0 Å². The Bertz CT molecular complexity index is 272. The molecule has 0 saturated carbocycles. The Hall–Kier alpha value is -0.873. The van der Waals surface area contributed by atoms with E-state index in [1.54, 1.807) is 6.20 Å². The van der Waals surface area contributed by atoms with E-state index in [4.69, 9.17) is 9.47 Å². The van der Waals surface area contributed by atoms with E-state index in [1.165, 1.54) is 6.04 Å². The minimum atomic E-state index is -0.983. The molecule has 15 heavy (non-hydrogen) atoms. The standard InChI is InChI=1S/C11H19NO2Si/c1-15(2,3)9-8-13-10-14-11-6-4-5-7-12-11/h4-7H,8-10H2,1-3H3. The zero-order valence-electron chi connectivity index (χ0n) is 9.69. The van der Waals surface area contributed by atoms with Crippen LogP contribution in [-0.4, -0.2) is 26.5 Å². The zero-order chi connectivity index (χ0) is 11.1. The van der Waals surface area contributed by atoms with E-state index in [0.717, 1.165) is 6.61 Å². The van der Waals surface area contributed by atoms with Crippen LogP contribution in [0, 0.1) is 0 Å². The first-order valence-corrected chi connectivity index (χ1v) is 8.90. The maximum absolute atomic E-state index is 5.39. The van der Waals surface area contributed by atoms with Gasteiger partial charge in [0.15, 0.2) is 6.79 Å². The van der Waals surface area contributed by atoms with Crippen LogP contribution in [0.5, 0.6) is 5.88 Å². The molecule has 1 rings (SSSR count). The molecule has 0 aromatic carbocycles. The van der Waals surface area contributed by atoms with Crippen molar-refractivity contribution in [3.8, 4) is 5.88 Å². The van der Waals surface area contributed by atoms with Crippen LogP contribution in [0.1, 0.15) is 0 Å². The molecule has 1 aromatic rings. The molecule has 3 nitrogen and oxygen atoms in total. The number of ether oxygens (including phenoxy) is 2. The third-order valence-corrected chi connectivity index (χ3v) is 3.63. The lowest BCUT2D eigenvalue weighted by Crippen LogP contribution is -2.22. The third kappa shape index (κ3) is 6.25. The van der Waals surface area contributed by atoms with Crippen LogP contribution in [0.15, 0.2) is 24.4 Å². The molecule has 0 saturated heterocycles. The van der Waals surface area contributed by atoms with Crippen molar-refractivity contribution in [1.29, 1.82) is 0 Å². The predicted octanol–water partition coefficient (Wildman–Crippen LogP) is 2.77. The number of hydrogen-bond donors (Lipinski definition) is 0. The van der Waals surface area contributed by atoms with Gasteiger partial charge in [0.1, 0.15) is 0 Å². The summed E-state index contributed by atoms with van der Waals surface area (Å²) in [5, 5.41) is 0. The Balaban J connectivity index is 2.08. The molecular weight excluding hydrogens is 206 g/mol. The van der Waals surface area contributed by atoms with Crippen molar-refractivity contribution in [1.82, 2.24) is 4.98 Å². The van der Waals surface area contributed by atoms with E-state index in [2.05, 4.69) is 24.6 Å². The maximum Gasteiger partial charge on any atom is 0.215 e. The SMILES string of the molecule is C[Si](C)(C)CCOCOc1ccccn1. The minimum absolute atomic E-state index is 0.293. The van der Waals surface area contributed by atoms with Crippen molar-refractivity contribution in [2.75, 3.05) is 13.4 Å². The molecule has 0 unspecified atom stereocenters. The topological polar surface area (TPSA) is 31.4 Å². The summed E-state index contributed by atoms with van der Waals surface area (Å²) in [6, 6.07) is 6.74. The Morgan fingerprint density at radius 3 is 2.67 bits per heavy atom. The fraction of sp³-hybridized carbons (Fsp3) is 0.545. The molecule has 0 spiro atoms. The Morgan fingerprint density at radius 1 is 1.27 bits per heavy atom. The smallest absolute Gasteiger partial charge is 0.215 e. The number of hydrogen-bond acceptors (Lipinski definition) is 3. The van der Waals surface area contributed by atoms with Crippen molar-refractivity contribution < 1.29 is 9.47 Å². The molecule has 0 aliphatic heterocycles. The first-order chi connectivity index (χ1) is 7.08. The fourth-order valence-corrected chi connectivity index (χ4v) is 1.73. The molecule has 0 aliphatic carbocycles. The summed E-state index contributed by atoms with van der Waals surface area (Å²) in [5.41, 5.74) is 0. The van der Waals surface area contributed by atoms with Crippen LogP contribution in [0.25, 0.3) is 0 Å². The summed E-state index contributed by atoms with van der Waals surface area (Å²) in [5.74, 6) is 0.616. The fourth-order valence-electron chi connectivity index (χ4n) is 0.972. The van der Waals surface area contributed by atoms with Gasteiger partial charge in [0, 0.05) is 26.9 Å². The van der Waals surface area contributed by atoms with Crippen molar-refractivity contribution in [2.24, 2.45) is 0 Å². The van der Waals surface area contributed by atoms with E-state index < -0.39 is 8.07 Å². The summed E-state index contributed by atoms with van der Waals surface area (Å²) >= 11 is 0. The zero-order valence-corrected chi connectivity index (χ0v) is 10.7. The van der Waals surface area contributed by atoms with Gasteiger partial charge in [-0.2, -0.15) is 0 Å². The quantitative estimate of drug-likeness (QED) is 0.424. The molecule has 1 heterocycles. The molecule has 0 atom stereocenters. The van der Waals surface area contributed by atoms with Crippen LogP contribution in [0.3, 0.4) is 0 Å².